The molecule has 0 aliphatic carbocycles. The fourth-order valence-electron chi connectivity index (χ4n) is 4.20. The van der Waals surface area contributed by atoms with Crippen LogP contribution in [0.15, 0.2) is 48.5 Å². The summed E-state index contributed by atoms with van der Waals surface area (Å²) in [5.74, 6) is 0.223. The number of piperazine rings is 1. The van der Waals surface area contributed by atoms with Gasteiger partial charge in [0.1, 0.15) is 11.4 Å². The Hall–Kier alpha value is -3.62. The summed E-state index contributed by atoms with van der Waals surface area (Å²) >= 11 is 0. The van der Waals surface area contributed by atoms with E-state index in [0.717, 1.165) is 5.69 Å². The number of hydrogen-bond acceptors (Lipinski definition) is 6. The second-order valence-electron chi connectivity index (χ2n) is 7.66. The molecule has 2 aliphatic rings. The van der Waals surface area contributed by atoms with Crippen molar-refractivity contribution >= 4 is 28.9 Å². The van der Waals surface area contributed by atoms with Gasteiger partial charge in [-0.15, -0.1) is 0 Å². The van der Waals surface area contributed by atoms with E-state index in [1.54, 1.807) is 47.2 Å². The molecule has 9 nitrogen and oxygen atoms in total. The van der Waals surface area contributed by atoms with E-state index < -0.39 is 0 Å². The molecule has 31 heavy (non-hydrogen) atoms. The van der Waals surface area contributed by atoms with Crippen LogP contribution in [0.2, 0.25) is 0 Å². The summed E-state index contributed by atoms with van der Waals surface area (Å²) in [6, 6.07) is 13.9. The van der Waals surface area contributed by atoms with Crippen molar-refractivity contribution in [3.05, 3.63) is 58.6 Å². The molecule has 2 aromatic carbocycles. The highest BCUT2D eigenvalue weighted by Crippen LogP contribution is 2.30. The third kappa shape index (κ3) is 4.16. The number of benzene rings is 2. The summed E-state index contributed by atoms with van der Waals surface area (Å²) in [6.45, 7) is 2.32. The number of anilines is 2. The van der Waals surface area contributed by atoms with E-state index in [4.69, 9.17) is 4.74 Å². The normalized spacial score (nSPS) is 18.9. The van der Waals surface area contributed by atoms with Crippen molar-refractivity contribution in [2.24, 2.45) is 5.92 Å². The van der Waals surface area contributed by atoms with Gasteiger partial charge in [0.05, 0.1) is 18.0 Å². The highest BCUT2D eigenvalue weighted by atomic mass is 16.6. The number of carbonyl (C=O) groups is 2. The Balaban J connectivity index is 1.38. The third-order valence-corrected chi connectivity index (χ3v) is 5.87. The highest BCUT2D eigenvalue weighted by molar-refractivity contribution is 6.00. The molecule has 2 aromatic rings. The van der Waals surface area contributed by atoms with Crippen LogP contribution in [0.4, 0.5) is 17.1 Å². The van der Waals surface area contributed by atoms with Gasteiger partial charge in [0.15, 0.2) is 0 Å². The molecule has 2 amide bonds. The van der Waals surface area contributed by atoms with Gasteiger partial charge >= 0.3 is 0 Å². The number of nitro benzene ring substituents is 1. The van der Waals surface area contributed by atoms with Gasteiger partial charge in [0.2, 0.25) is 11.8 Å². The summed E-state index contributed by atoms with van der Waals surface area (Å²) in [5, 5.41) is 11.3. The van der Waals surface area contributed by atoms with E-state index in [2.05, 4.69) is 0 Å². The number of carbonyl (C=O) groups excluding carboxylic acids is 2. The van der Waals surface area contributed by atoms with Gasteiger partial charge in [0, 0.05) is 50.9 Å². The Morgan fingerprint density at radius 1 is 1.06 bits per heavy atom. The molecule has 1 unspecified atom stereocenters. The third-order valence-electron chi connectivity index (χ3n) is 5.87. The molecule has 0 saturated carbocycles. The first kappa shape index (κ1) is 20.6. The molecule has 0 bridgehead atoms. The molecule has 0 radical (unpaired) electrons. The Kier molecular flexibility index (Phi) is 5.75. The first-order valence-electron chi connectivity index (χ1n) is 10.2. The summed E-state index contributed by atoms with van der Waals surface area (Å²) in [4.78, 5) is 41.8. The van der Waals surface area contributed by atoms with Gasteiger partial charge in [-0.25, -0.2) is 0 Å². The van der Waals surface area contributed by atoms with Gasteiger partial charge in [0.25, 0.3) is 5.69 Å². The van der Waals surface area contributed by atoms with Crippen molar-refractivity contribution in [3.8, 4) is 5.75 Å². The second-order valence-corrected chi connectivity index (χ2v) is 7.66. The van der Waals surface area contributed by atoms with E-state index in [1.807, 2.05) is 17.0 Å². The zero-order valence-electron chi connectivity index (χ0n) is 17.3. The predicted octanol–water partition coefficient (Wildman–Crippen LogP) is 2.31. The van der Waals surface area contributed by atoms with Crippen molar-refractivity contribution in [2.75, 3.05) is 49.6 Å². The first-order valence-corrected chi connectivity index (χ1v) is 10.2. The lowest BCUT2D eigenvalue weighted by atomic mass is 10.1. The molecule has 4 rings (SSSR count). The number of amides is 2. The van der Waals surface area contributed by atoms with Crippen molar-refractivity contribution in [1.29, 1.82) is 0 Å². The van der Waals surface area contributed by atoms with E-state index >= 15 is 0 Å². The van der Waals surface area contributed by atoms with Crippen LogP contribution in [0, 0.1) is 16.0 Å². The molecule has 2 saturated heterocycles. The van der Waals surface area contributed by atoms with E-state index in [0.29, 0.717) is 44.2 Å². The van der Waals surface area contributed by atoms with Gasteiger partial charge in [-0.05, 0) is 30.3 Å². The van der Waals surface area contributed by atoms with Gasteiger partial charge < -0.3 is 19.4 Å². The molecule has 0 N–H and O–H groups in total. The molecule has 2 aliphatic heterocycles. The van der Waals surface area contributed by atoms with E-state index in [-0.39, 0.29) is 34.8 Å². The number of hydrogen-bond donors (Lipinski definition) is 0. The SMILES string of the molecule is COc1ccc(N2CC(C(=O)N3CCN(c4ccccc4[N+](=O)[O-])CC3)CC2=O)cc1. The minimum Gasteiger partial charge on any atom is -0.497 e. The molecule has 1 atom stereocenters. The lowest BCUT2D eigenvalue weighted by Crippen LogP contribution is -2.50. The number of para-hydroxylation sites is 2. The number of methoxy groups -OCH3 is 1. The van der Waals surface area contributed by atoms with Crippen molar-refractivity contribution in [2.45, 2.75) is 6.42 Å². The van der Waals surface area contributed by atoms with Crippen molar-refractivity contribution in [1.82, 2.24) is 4.90 Å². The zero-order valence-corrected chi connectivity index (χ0v) is 17.3. The van der Waals surface area contributed by atoms with Crippen LogP contribution in [0.1, 0.15) is 6.42 Å². The number of ether oxygens (including phenoxy) is 1. The van der Waals surface area contributed by atoms with E-state index in [9.17, 15) is 19.7 Å². The molecule has 162 valence electrons. The van der Waals surface area contributed by atoms with Crippen molar-refractivity contribution < 1.29 is 19.2 Å². The van der Waals surface area contributed by atoms with Crippen LogP contribution in [-0.2, 0) is 9.59 Å². The average Bonchev–Trinajstić information content (AvgIpc) is 3.20. The first-order chi connectivity index (χ1) is 15.0. The molecule has 2 fully saturated rings. The van der Waals surface area contributed by atoms with Crippen LogP contribution in [0.25, 0.3) is 0 Å². The average molecular weight is 424 g/mol. The molecule has 0 aromatic heterocycles. The number of nitro groups is 1. The molecule has 9 heteroatoms. The molecular formula is C22H24N4O5. The van der Waals surface area contributed by atoms with Crippen LogP contribution < -0.4 is 14.5 Å². The lowest BCUT2D eigenvalue weighted by Gasteiger charge is -2.36. The Labute approximate surface area is 179 Å². The quantitative estimate of drug-likeness (QED) is 0.540. The van der Waals surface area contributed by atoms with Crippen LogP contribution in [0.3, 0.4) is 0 Å². The molecule has 0 spiro atoms. The van der Waals surface area contributed by atoms with Gasteiger partial charge in [-0.1, -0.05) is 12.1 Å². The standard InChI is InChI=1S/C22H24N4O5/c1-31-18-8-6-17(7-9-18)25-15-16(14-21(25)27)22(28)24-12-10-23(11-13-24)19-4-2-3-5-20(19)26(29)30/h2-9,16H,10-15H2,1H3. The smallest absolute Gasteiger partial charge is 0.292 e. The van der Waals surface area contributed by atoms with Crippen molar-refractivity contribution in [3.63, 3.8) is 0 Å². The summed E-state index contributed by atoms with van der Waals surface area (Å²) in [6.07, 6.45) is 0.190. The minimum absolute atomic E-state index is 0.0356. The summed E-state index contributed by atoms with van der Waals surface area (Å²) in [5.41, 5.74) is 1.39. The Morgan fingerprint density at radius 3 is 2.39 bits per heavy atom. The van der Waals surface area contributed by atoms with Gasteiger partial charge in [-0.2, -0.15) is 0 Å². The van der Waals surface area contributed by atoms with Gasteiger partial charge in [-0.3, -0.25) is 19.7 Å². The fourth-order valence-corrected chi connectivity index (χ4v) is 4.20. The lowest BCUT2D eigenvalue weighted by molar-refractivity contribution is -0.384. The highest BCUT2D eigenvalue weighted by Gasteiger charge is 2.38. The summed E-state index contributed by atoms with van der Waals surface area (Å²) in [7, 11) is 1.58. The number of rotatable bonds is 5. The van der Waals surface area contributed by atoms with Crippen LogP contribution in [-0.4, -0.2) is 61.5 Å². The molecule has 2 heterocycles. The van der Waals surface area contributed by atoms with E-state index in [1.165, 1.54) is 6.07 Å². The second kappa shape index (κ2) is 8.63. The largest absolute Gasteiger partial charge is 0.497 e. The Bertz CT molecular complexity index is 986. The topological polar surface area (TPSA) is 96.2 Å². The maximum atomic E-state index is 13.0. The minimum atomic E-state index is -0.384. The maximum absolute atomic E-state index is 13.0. The van der Waals surface area contributed by atoms with Crippen LogP contribution >= 0.6 is 0 Å². The number of nitrogens with zero attached hydrogens (tertiary/aromatic N) is 4. The Morgan fingerprint density at radius 2 is 1.74 bits per heavy atom. The maximum Gasteiger partial charge on any atom is 0.292 e. The predicted molar refractivity (Wildman–Crippen MR) is 115 cm³/mol. The summed E-state index contributed by atoms with van der Waals surface area (Å²) < 4.78 is 5.15. The van der Waals surface area contributed by atoms with Crippen LogP contribution in [0.5, 0.6) is 5.75 Å². The molecular weight excluding hydrogens is 400 g/mol. The fraction of sp³-hybridized carbons (Fsp3) is 0.364. The zero-order chi connectivity index (χ0) is 22.0. The monoisotopic (exact) mass is 424 g/mol.